The second kappa shape index (κ2) is 6.55. The molecule has 0 radical (unpaired) electrons. The highest BCUT2D eigenvalue weighted by molar-refractivity contribution is 9.10. The van der Waals surface area contributed by atoms with E-state index < -0.39 is 0 Å². The number of benzene rings is 1. The Morgan fingerprint density at radius 1 is 1.30 bits per heavy atom. The van der Waals surface area contributed by atoms with Gasteiger partial charge >= 0.3 is 0 Å². The lowest BCUT2D eigenvalue weighted by Crippen LogP contribution is -2.04. The first-order valence-corrected chi connectivity index (χ1v) is 7.74. The molecule has 0 saturated heterocycles. The summed E-state index contributed by atoms with van der Waals surface area (Å²) in [5.41, 5.74) is 3.11. The minimum absolute atomic E-state index is 0.728. The highest BCUT2D eigenvalue weighted by Crippen LogP contribution is 2.30. The van der Waals surface area contributed by atoms with Crippen molar-refractivity contribution in [3.05, 3.63) is 39.0 Å². The Morgan fingerprint density at radius 3 is 2.65 bits per heavy atom. The van der Waals surface area contributed by atoms with Gasteiger partial charge in [0.15, 0.2) is 5.82 Å². The number of hydrogen-bond donors (Lipinski definition) is 1. The van der Waals surface area contributed by atoms with E-state index in [4.69, 9.17) is 16.6 Å². The predicted molar refractivity (Wildman–Crippen MR) is 88.5 cm³/mol. The van der Waals surface area contributed by atoms with E-state index >= 15 is 0 Å². The molecule has 0 bridgehead atoms. The van der Waals surface area contributed by atoms with Crippen molar-refractivity contribution >= 4 is 33.3 Å². The maximum atomic E-state index is 6.01. The van der Waals surface area contributed by atoms with Gasteiger partial charge < -0.3 is 5.32 Å². The van der Waals surface area contributed by atoms with Crippen LogP contribution in [0, 0.1) is 6.92 Å². The van der Waals surface area contributed by atoms with E-state index in [2.05, 4.69) is 33.2 Å². The van der Waals surface area contributed by atoms with Crippen LogP contribution in [-0.4, -0.2) is 17.0 Å². The predicted octanol–water partition coefficient (Wildman–Crippen LogP) is 4.86. The maximum Gasteiger partial charge on any atom is 0.162 e. The molecule has 0 aliphatic rings. The lowest BCUT2D eigenvalue weighted by molar-refractivity contribution is 0.868. The zero-order chi connectivity index (χ0) is 14.7. The summed E-state index contributed by atoms with van der Waals surface area (Å²) in [6.07, 6.45) is 1.95. The van der Waals surface area contributed by atoms with Crippen LogP contribution < -0.4 is 5.32 Å². The van der Waals surface area contributed by atoms with Crippen LogP contribution >= 0.6 is 27.5 Å². The summed E-state index contributed by atoms with van der Waals surface area (Å²) >= 11 is 9.58. The SMILES string of the molecule is CCCc1nc(-c2ccc(Cl)cc2C)nc(NC)c1Br. The van der Waals surface area contributed by atoms with Gasteiger partial charge in [-0.1, -0.05) is 24.9 Å². The molecular formula is C15H17BrClN3. The largest absolute Gasteiger partial charge is 0.372 e. The van der Waals surface area contributed by atoms with Crippen LogP contribution in [-0.2, 0) is 6.42 Å². The number of anilines is 1. The zero-order valence-corrected chi connectivity index (χ0v) is 14.1. The molecule has 1 aromatic heterocycles. The second-order valence-corrected chi connectivity index (χ2v) is 5.85. The first-order valence-electron chi connectivity index (χ1n) is 6.57. The molecule has 0 spiro atoms. The monoisotopic (exact) mass is 353 g/mol. The second-order valence-electron chi connectivity index (χ2n) is 4.62. The van der Waals surface area contributed by atoms with Crippen molar-refractivity contribution in [2.75, 3.05) is 12.4 Å². The topological polar surface area (TPSA) is 37.8 Å². The number of nitrogens with zero attached hydrogens (tertiary/aromatic N) is 2. The molecule has 1 heterocycles. The zero-order valence-electron chi connectivity index (χ0n) is 11.8. The van der Waals surface area contributed by atoms with Gasteiger partial charge in [-0.2, -0.15) is 0 Å². The summed E-state index contributed by atoms with van der Waals surface area (Å²) in [7, 11) is 1.86. The van der Waals surface area contributed by atoms with E-state index in [1.807, 2.05) is 32.2 Å². The molecule has 2 rings (SSSR count). The summed E-state index contributed by atoms with van der Waals surface area (Å²) in [5.74, 6) is 1.54. The van der Waals surface area contributed by atoms with Gasteiger partial charge in [0, 0.05) is 17.6 Å². The Labute approximate surface area is 132 Å². The molecule has 3 nitrogen and oxygen atoms in total. The van der Waals surface area contributed by atoms with Crippen molar-refractivity contribution in [1.82, 2.24) is 9.97 Å². The van der Waals surface area contributed by atoms with E-state index in [1.165, 1.54) is 0 Å². The number of aryl methyl sites for hydroxylation is 2. The van der Waals surface area contributed by atoms with E-state index in [9.17, 15) is 0 Å². The third-order valence-corrected chi connectivity index (χ3v) is 4.14. The summed E-state index contributed by atoms with van der Waals surface area (Å²) in [6.45, 7) is 4.16. The van der Waals surface area contributed by atoms with Gasteiger partial charge in [0.25, 0.3) is 0 Å². The third kappa shape index (κ3) is 3.13. The Hall–Kier alpha value is -1.13. The number of aromatic nitrogens is 2. The Bertz CT molecular complexity index is 629. The van der Waals surface area contributed by atoms with Crippen molar-refractivity contribution in [1.29, 1.82) is 0 Å². The van der Waals surface area contributed by atoms with Crippen molar-refractivity contribution < 1.29 is 0 Å². The first-order chi connectivity index (χ1) is 9.56. The lowest BCUT2D eigenvalue weighted by atomic mass is 10.1. The van der Waals surface area contributed by atoms with Crippen LogP contribution in [0.15, 0.2) is 22.7 Å². The van der Waals surface area contributed by atoms with Gasteiger partial charge in [-0.15, -0.1) is 0 Å². The average molecular weight is 355 g/mol. The van der Waals surface area contributed by atoms with Crippen molar-refractivity contribution in [3.63, 3.8) is 0 Å². The standard InChI is InChI=1S/C15H17BrClN3/c1-4-5-12-13(16)15(18-3)20-14(19-12)11-7-6-10(17)8-9(11)2/h6-8H,4-5H2,1-3H3,(H,18,19,20). The van der Waals surface area contributed by atoms with Gasteiger partial charge in [-0.05, 0) is 53.0 Å². The van der Waals surface area contributed by atoms with E-state index in [-0.39, 0.29) is 0 Å². The van der Waals surface area contributed by atoms with E-state index in [0.29, 0.717) is 0 Å². The molecule has 1 N–H and O–H groups in total. The molecule has 0 fully saturated rings. The van der Waals surface area contributed by atoms with Crippen LogP contribution in [0.3, 0.4) is 0 Å². The molecule has 1 aromatic carbocycles. The molecular weight excluding hydrogens is 338 g/mol. The quantitative estimate of drug-likeness (QED) is 0.852. The minimum Gasteiger partial charge on any atom is -0.372 e. The Kier molecular flexibility index (Phi) is 5.00. The van der Waals surface area contributed by atoms with Crippen LogP contribution in [0.1, 0.15) is 24.6 Å². The fraction of sp³-hybridized carbons (Fsp3) is 0.333. The number of nitrogens with one attached hydrogen (secondary N) is 1. The molecule has 0 aliphatic heterocycles. The number of hydrogen-bond acceptors (Lipinski definition) is 3. The molecule has 106 valence electrons. The summed E-state index contributed by atoms with van der Waals surface area (Å²) in [4.78, 5) is 9.27. The summed E-state index contributed by atoms with van der Waals surface area (Å²) in [5, 5.41) is 3.84. The van der Waals surface area contributed by atoms with Gasteiger partial charge in [0.05, 0.1) is 10.2 Å². The number of rotatable bonds is 4. The van der Waals surface area contributed by atoms with Gasteiger partial charge in [0.2, 0.25) is 0 Å². The van der Waals surface area contributed by atoms with Crippen LogP contribution in [0.2, 0.25) is 5.02 Å². The van der Waals surface area contributed by atoms with Gasteiger partial charge in [-0.3, -0.25) is 0 Å². The Balaban J connectivity index is 2.58. The lowest BCUT2D eigenvalue weighted by Gasteiger charge is -2.12. The smallest absolute Gasteiger partial charge is 0.162 e. The Morgan fingerprint density at radius 2 is 2.05 bits per heavy atom. The van der Waals surface area contributed by atoms with E-state index in [1.54, 1.807) is 0 Å². The van der Waals surface area contributed by atoms with Gasteiger partial charge in [-0.25, -0.2) is 9.97 Å². The first kappa shape index (κ1) is 15.3. The van der Waals surface area contributed by atoms with Gasteiger partial charge in [0.1, 0.15) is 5.82 Å². The average Bonchev–Trinajstić information content (AvgIpc) is 2.41. The molecule has 0 unspecified atom stereocenters. The van der Waals surface area contributed by atoms with Crippen LogP contribution in [0.4, 0.5) is 5.82 Å². The molecule has 0 aliphatic carbocycles. The van der Waals surface area contributed by atoms with Crippen molar-refractivity contribution in [2.24, 2.45) is 0 Å². The maximum absolute atomic E-state index is 6.01. The van der Waals surface area contributed by atoms with Crippen LogP contribution in [0.5, 0.6) is 0 Å². The molecule has 0 atom stereocenters. The normalized spacial score (nSPS) is 10.7. The molecule has 20 heavy (non-hydrogen) atoms. The van der Waals surface area contributed by atoms with Crippen LogP contribution in [0.25, 0.3) is 11.4 Å². The summed E-state index contributed by atoms with van der Waals surface area (Å²) in [6, 6.07) is 5.77. The third-order valence-electron chi connectivity index (χ3n) is 3.07. The minimum atomic E-state index is 0.728. The molecule has 0 saturated carbocycles. The fourth-order valence-corrected chi connectivity index (χ4v) is 2.86. The van der Waals surface area contributed by atoms with E-state index in [0.717, 1.165) is 50.8 Å². The summed E-state index contributed by atoms with van der Waals surface area (Å²) < 4.78 is 0.942. The highest BCUT2D eigenvalue weighted by atomic mass is 79.9. The highest BCUT2D eigenvalue weighted by Gasteiger charge is 2.13. The number of halogens is 2. The van der Waals surface area contributed by atoms with Crippen molar-refractivity contribution in [2.45, 2.75) is 26.7 Å². The molecule has 2 aromatic rings. The molecule has 5 heteroatoms. The van der Waals surface area contributed by atoms with Crippen molar-refractivity contribution in [3.8, 4) is 11.4 Å². The fourth-order valence-electron chi connectivity index (χ4n) is 2.06. The molecule has 0 amide bonds.